The van der Waals surface area contributed by atoms with E-state index in [0.717, 1.165) is 32.4 Å². The number of fused-ring (bicyclic) bond motifs is 1. The van der Waals surface area contributed by atoms with Crippen LogP contribution >= 0.6 is 0 Å². The van der Waals surface area contributed by atoms with Gasteiger partial charge in [-0.05, 0) is 38.1 Å². The molecule has 7 nitrogen and oxygen atoms in total. The molecule has 0 radical (unpaired) electrons. The van der Waals surface area contributed by atoms with Crippen molar-refractivity contribution >= 4 is 15.7 Å². The molecule has 1 saturated heterocycles. The molecular weight excluding hydrogens is 344 g/mol. The van der Waals surface area contributed by atoms with Gasteiger partial charge in [0, 0.05) is 24.9 Å². The summed E-state index contributed by atoms with van der Waals surface area (Å²) in [6, 6.07) is 4.74. The highest BCUT2D eigenvalue weighted by atomic mass is 32.2. The third-order valence-electron chi connectivity index (χ3n) is 4.38. The molecule has 2 aliphatic heterocycles. The van der Waals surface area contributed by atoms with Crippen LogP contribution in [-0.4, -0.2) is 52.4 Å². The molecule has 8 heteroatoms. The lowest BCUT2D eigenvalue weighted by Gasteiger charge is -2.23. The molecule has 0 atom stereocenters. The number of benzene rings is 1. The van der Waals surface area contributed by atoms with Gasteiger partial charge in [0.15, 0.2) is 21.3 Å². The summed E-state index contributed by atoms with van der Waals surface area (Å²) in [5, 5.41) is 6.14. The number of hydrogen-bond acceptors (Lipinski definition) is 6. The van der Waals surface area contributed by atoms with Crippen molar-refractivity contribution in [2.24, 2.45) is 0 Å². The molecule has 1 fully saturated rings. The number of piperidine rings is 1. The van der Waals surface area contributed by atoms with E-state index in [1.165, 1.54) is 12.1 Å². The van der Waals surface area contributed by atoms with Crippen LogP contribution in [0, 0.1) is 0 Å². The van der Waals surface area contributed by atoms with Gasteiger partial charge in [0.2, 0.25) is 5.91 Å². The molecule has 0 aromatic heterocycles. The van der Waals surface area contributed by atoms with Crippen LogP contribution in [0.3, 0.4) is 0 Å². The first kappa shape index (κ1) is 18.0. The summed E-state index contributed by atoms with van der Waals surface area (Å²) in [4.78, 5) is 12.2. The van der Waals surface area contributed by atoms with Crippen LogP contribution < -0.4 is 20.1 Å². The second kappa shape index (κ2) is 8.05. The summed E-state index contributed by atoms with van der Waals surface area (Å²) in [5.74, 6) is 0.561. The molecule has 0 bridgehead atoms. The van der Waals surface area contributed by atoms with Crippen LogP contribution in [0.15, 0.2) is 23.1 Å². The van der Waals surface area contributed by atoms with Crippen molar-refractivity contribution in [1.82, 2.24) is 10.6 Å². The second-order valence-corrected chi connectivity index (χ2v) is 8.43. The van der Waals surface area contributed by atoms with Crippen LogP contribution in [0.1, 0.15) is 25.7 Å². The van der Waals surface area contributed by atoms with Crippen LogP contribution in [0.4, 0.5) is 0 Å². The van der Waals surface area contributed by atoms with Crippen molar-refractivity contribution in [3.8, 4) is 11.5 Å². The third kappa shape index (κ3) is 4.85. The molecule has 138 valence electrons. The Morgan fingerprint density at radius 1 is 1.16 bits per heavy atom. The quantitative estimate of drug-likeness (QED) is 0.801. The number of amides is 1. The van der Waals surface area contributed by atoms with Crippen molar-refractivity contribution in [2.45, 2.75) is 36.6 Å². The van der Waals surface area contributed by atoms with Gasteiger partial charge in [-0.15, -0.1) is 0 Å². The zero-order valence-corrected chi connectivity index (χ0v) is 14.9. The fourth-order valence-electron chi connectivity index (χ4n) is 2.95. The first-order valence-corrected chi connectivity index (χ1v) is 10.3. The standard InChI is InChI=1S/C17H24N2O5S/c20-17(19-13-4-7-18-8-5-13)6-11-25(21,22)14-2-3-15-16(12-14)24-10-1-9-23-15/h2-3,12-13,18H,1,4-11H2,(H,19,20). The molecular formula is C17H24N2O5S. The van der Waals surface area contributed by atoms with Crippen LogP contribution in [-0.2, 0) is 14.6 Å². The smallest absolute Gasteiger partial charge is 0.221 e. The van der Waals surface area contributed by atoms with Crippen molar-refractivity contribution in [2.75, 3.05) is 32.1 Å². The zero-order chi connectivity index (χ0) is 17.7. The molecule has 2 N–H and O–H groups in total. The fourth-order valence-corrected chi connectivity index (χ4v) is 4.20. The number of rotatable bonds is 5. The normalized spacial score (nSPS) is 18.4. The largest absolute Gasteiger partial charge is 0.490 e. The lowest BCUT2D eigenvalue weighted by atomic mass is 10.1. The van der Waals surface area contributed by atoms with Gasteiger partial charge >= 0.3 is 0 Å². The molecule has 1 amide bonds. The number of sulfone groups is 1. The van der Waals surface area contributed by atoms with E-state index in [-0.39, 0.29) is 29.0 Å². The molecule has 1 aromatic rings. The van der Waals surface area contributed by atoms with Gasteiger partial charge in [-0.25, -0.2) is 8.42 Å². The van der Waals surface area contributed by atoms with E-state index < -0.39 is 9.84 Å². The van der Waals surface area contributed by atoms with E-state index >= 15 is 0 Å². The minimum Gasteiger partial charge on any atom is -0.490 e. The first-order valence-electron chi connectivity index (χ1n) is 8.67. The fraction of sp³-hybridized carbons (Fsp3) is 0.588. The summed E-state index contributed by atoms with van der Waals surface area (Å²) in [5.41, 5.74) is 0. The molecule has 0 spiro atoms. The van der Waals surface area contributed by atoms with Gasteiger partial charge in [-0.3, -0.25) is 4.79 Å². The van der Waals surface area contributed by atoms with Gasteiger partial charge in [0.1, 0.15) is 0 Å². The van der Waals surface area contributed by atoms with Crippen molar-refractivity contribution < 1.29 is 22.7 Å². The zero-order valence-electron chi connectivity index (χ0n) is 14.1. The highest BCUT2D eigenvalue weighted by Gasteiger charge is 2.21. The van der Waals surface area contributed by atoms with E-state index in [2.05, 4.69) is 10.6 Å². The predicted molar refractivity (Wildman–Crippen MR) is 92.8 cm³/mol. The first-order chi connectivity index (χ1) is 12.0. The Kier molecular flexibility index (Phi) is 5.80. The van der Waals surface area contributed by atoms with Crippen LogP contribution in [0.5, 0.6) is 11.5 Å². The highest BCUT2D eigenvalue weighted by Crippen LogP contribution is 2.32. The maximum atomic E-state index is 12.5. The maximum absolute atomic E-state index is 12.5. The number of ether oxygens (including phenoxy) is 2. The maximum Gasteiger partial charge on any atom is 0.221 e. The summed E-state index contributed by atoms with van der Waals surface area (Å²) in [7, 11) is -3.55. The van der Waals surface area contributed by atoms with E-state index in [4.69, 9.17) is 9.47 Å². The summed E-state index contributed by atoms with van der Waals surface area (Å²) in [6.07, 6.45) is 2.47. The molecule has 25 heavy (non-hydrogen) atoms. The Labute approximate surface area is 148 Å². The average Bonchev–Trinajstić information content (AvgIpc) is 2.86. The Balaban J connectivity index is 1.59. The molecule has 0 unspecified atom stereocenters. The average molecular weight is 368 g/mol. The third-order valence-corrected chi connectivity index (χ3v) is 6.09. The predicted octanol–water partition coefficient (Wildman–Crippen LogP) is 0.880. The van der Waals surface area contributed by atoms with Gasteiger partial charge in [0.05, 0.1) is 23.9 Å². The number of nitrogens with one attached hydrogen (secondary N) is 2. The van der Waals surface area contributed by atoms with E-state index in [9.17, 15) is 13.2 Å². The van der Waals surface area contributed by atoms with E-state index in [0.29, 0.717) is 24.7 Å². The Morgan fingerprint density at radius 2 is 1.88 bits per heavy atom. The van der Waals surface area contributed by atoms with Crippen LogP contribution in [0.25, 0.3) is 0 Å². The molecule has 0 aliphatic carbocycles. The van der Waals surface area contributed by atoms with Crippen molar-refractivity contribution in [1.29, 1.82) is 0 Å². The molecule has 1 aromatic carbocycles. The summed E-state index contributed by atoms with van der Waals surface area (Å²) >= 11 is 0. The summed E-state index contributed by atoms with van der Waals surface area (Å²) in [6.45, 7) is 2.80. The van der Waals surface area contributed by atoms with Gasteiger partial charge in [0.25, 0.3) is 0 Å². The van der Waals surface area contributed by atoms with E-state index in [1.807, 2.05) is 0 Å². The Bertz CT molecular complexity index is 714. The molecule has 2 aliphatic rings. The monoisotopic (exact) mass is 368 g/mol. The van der Waals surface area contributed by atoms with Gasteiger partial charge in [-0.2, -0.15) is 0 Å². The van der Waals surface area contributed by atoms with Crippen molar-refractivity contribution in [3.05, 3.63) is 18.2 Å². The van der Waals surface area contributed by atoms with Gasteiger partial charge in [-0.1, -0.05) is 0 Å². The SMILES string of the molecule is O=C(CCS(=O)(=O)c1ccc2c(c1)OCCCO2)NC1CCNCC1. The minimum atomic E-state index is -3.55. The second-order valence-electron chi connectivity index (χ2n) is 6.32. The van der Waals surface area contributed by atoms with Crippen LogP contribution in [0.2, 0.25) is 0 Å². The molecule has 3 rings (SSSR count). The minimum absolute atomic E-state index is 0.0410. The number of carbonyl (C=O) groups is 1. The number of hydrogen-bond donors (Lipinski definition) is 2. The summed E-state index contributed by atoms with van der Waals surface area (Å²) < 4.78 is 36.1. The number of carbonyl (C=O) groups excluding carboxylic acids is 1. The Morgan fingerprint density at radius 3 is 2.64 bits per heavy atom. The molecule has 2 heterocycles. The lowest BCUT2D eigenvalue weighted by molar-refractivity contribution is -0.121. The Hall–Kier alpha value is -1.80. The molecule has 0 saturated carbocycles. The van der Waals surface area contributed by atoms with E-state index in [1.54, 1.807) is 6.07 Å². The topological polar surface area (TPSA) is 93.7 Å². The van der Waals surface area contributed by atoms with Gasteiger partial charge < -0.3 is 20.1 Å². The lowest BCUT2D eigenvalue weighted by Crippen LogP contribution is -2.43. The highest BCUT2D eigenvalue weighted by molar-refractivity contribution is 7.91. The van der Waals surface area contributed by atoms with Crippen molar-refractivity contribution in [3.63, 3.8) is 0 Å².